The van der Waals surface area contributed by atoms with E-state index in [4.69, 9.17) is 14.2 Å². The molecule has 0 N–H and O–H groups in total. The van der Waals surface area contributed by atoms with Gasteiger partial charge in [-0.05, 0) is 6.42 Å². The number of esters is 1. The van der Waals surface area contributed by atoms with Crippen LogP contribution in [-0.2, 0) is 19.0 Å². The number of hydrogen-bond donors (Lipinski definition) is 0. The molecule has 3 aliphatic rings. The van der Waals surface area contributed by atoms with Gasteiger partial charge in [0.25, 0.3) is 0 Å². The highest BCUT2D eigenvalue weighted by Crippen LogP contribution is 2.44. The fourth-order valence-corrected chi connectivity index (χ4v) is 2.30. The molecule has 66 valence electrons. The molecule has 0 aromatic rings. The van der Waals surface area contributed by atoms with Gasteiger partial charge in [0.2, 0.25) is 6.29 Å². The van der Waals surface area contributed by atoms with E-state index < -0.39 is 0 Å². The summed E-state index contributed by atoms with van der Waals surface area (Å²) in [7, 11) is 0. The molecule has 3 rings (SSSR count). The summed E-state index contributed by atoms with van der Waals surface area (Å²) in [6.07, 6.45) is 1.10. The second-order valence-electron chi connectivity index (χ2n) is 3.55. The van der Waals surface area contributed by atoms with Crippen molar-refractivity contribution in [2.45, 2.75) is 25.4 Å². The first kappa shape index (κ1) is 6.86. The minimum absolute atomic E-state index is 0.104. The summed E-state index contributed by atoms with van der Waals surface area (Å²) < 4.78 is 15.7. The van der Waals surface area contributed by atoms with E-state index >= 15 is 0 Å². The van der Waals surface area contributed by atoms with Gasteiger partial charge in [-0.2, -0.15) is 0 Å². The molecule has 3 aliphatic heterocycles. The maximum atomic E-state index is 10.9. The summed E-state index contributed by atoms with van der Waals surface area (Å²) in [4.78, 5) is 10.9. The molecule has 4 heteroatoms. The molecule has 3 heterocycles. The van der Waals surface area contributed by atoms with E-state index in [1.165, 1.54) is 0 Å². The predicted octanol–water partition coefficient (Wildman–Crippen LogP) is 0.268. The first-order valence-corrected chi connectivity index (χ1v) is 4.31. The Morgan fingerprint density at radius 2 is 2.17 bits per heavy atom. The highest BCUT2D eigenvalue weighted by Gasteiger charge is 2.53. The minimum Gasteiger partial charge on any atom is -0.435 e. The second-order valence-corrected chi connectivity index (χ2v) is 3.55. The molecule has 0 amide bonds. The van der Waals surface area contributed by atoms with Crippen molar-refractivity contribution in [1.29, 1.82) is 0 Å². The van der Waals surface area contributed by atoms with E-state index in [-0.39, 0.29) is 24.5 Å². The van der Waals surface area contributed by atoms with Gasteiger partial charge in [0.1, 0.15) is 0 Å². The molecule has 12 heavy (non-hydrogen) atoms. The first-order chi connectivity index (χ1) is 5.84. The smallest absolute Gasteiger partial charge is 0.308 e. The minimum atomic E-state index is -0.312. The van der Waals surface area contributed by atoms with Crippen LogP contribution in [0, 0.1) is 11.8 Å². The maximum absolute atomic E-state index is 10.9. The van der Waals surface area contributed by atoms with Crippen LogP contribution in [0.4, 0.5) is 0 Å². The molecule has 4 atom stereocenters. The predicted molar refractivity (Wildman–Crippen MR) is 36.9 cm³/mol. The van der Waals surface area contributed by atoms with Crippen LogP contribution >= 0.6 is 0 Å². The van der Waals surface area contributed by atoms with E-state index in [1.54, 1.807) is 0 Å². The van der Waals surface area contributed by atoms with Crippen LogP contribution < -0.4 is 0 Å². The van der Waals surface area contributed by atoms with Crippen LogP contribution in [0.3, 0.4) is 0 Å². The Hall–Kier alpha value is -0.610. The molecule has 0 bridgehead atoms. The lowest BCUT2D eigenvalue weighted by molar-refractivity contribution is -0.195. The fraction of sp³-hybridized carbons (Fsp3) is 0.875. The molecule has 0 saturated carbocycles. The first-order valence-electron chi connectivity index (χ1n) is 4.31. The van der Waals surface area contributed by atoms with E-state index in [9.17, 15) is 4.79 Å². The third-order valence-electron chi connectivity index (χ3n) is 2.90. The summed E-state index contributed by atoms with van der Waals surface area (Å²) in [5.41, 5.74) is 0. The lowest BCUT2D eigenvalue weighted by atomic mass is 9.91. The highest BCUT2D eigenvalue weighted by molar-refractivity contribution is 5.72. The molecule has 3 saturated heterocycles. The van der Waals surface area contributed by atoms with Crippen molar-refractivity contribution in [3.63, 3.8) is 0 Å². The van der Waals surface area contributed by atoms with Gasteiger partial charge in [-0.3, -0.25) is 4.79 Å². The van der Waals surface area contributed by atoms with Gasteiger partial charge in [-0.25, -0.2) is 0 Å². The number of fused-ring (bicyclic) bond motifs is 3. The molecule has 0 spiro atoms. The maximum Gasteiger partial charge on any atom is 0.308 e. The summed E-state index contributed by atoms with van der Waals surface area (Å²) in [6, 6.07) is 0. The van der Waals surface area contributed by atoms with Crippen molar-refractivity contribution < 1.29 is 19.0 Å². The van der Waals surface area contributed by atoms with E-state index in [0.717, 1.165) is 13.0 Å². The van der Waals surface area contributed by atoms with Crippen molar-refractivity contribution >= 4 is 5.97 Å². The van der Waals surface area contributed by atoms with Crippen LogP contribution in [0.2, 0.25) is 0 Å². The van der Waals surface area contributed by atoms with Gasteiger partial charge in [-0.15, -0.1) is 0 Å². The van der Waals surface area contributed by atoms with Crippen molar-refractivity contribution in [2.24, 2.45) is 11.8 Å². The van der Waals surface area contributed by atoms with Crippen LogP contribution in [0.25, 0.3) is 0 Å². The number of carbonyl (C=O) groups excluding carboxylic acids is 1. The highest BCUT2D eigenvalue weighted by atomic mass is 16.8. The van der Waals surface area contributed by atoms with Crippen LogP contribution in [0.5, 0.6) is 0 Å². The summed E-state index contributed by atoms with van der Waals surface area (Å²) in [5, 5.41) is 0. The molecular weight excluding hydrogens is 160 g/mol. The average Bonchev–Trinajstić information content (AvgIpc) is 2.59. The molecule has 0 aliphatic carbocycles. The van der Waals surface area contributed by atoms with Gasteiger partial charge in [-0.1, -0.05) is 0 Å². The molecular formula is C8H10O4. The van der Waals surface area contributed by atoms with E-state index in [2.05, 4.69) is 0 Å². The normalized spacial score (nSPS) is 50.5. The Morgan fingerprint density at radius 3 is 3.08 bits per heavy atom. The third kappa shape index (κ3) is 0.765. The zero-order chi connectivity index (χ0) is 8.13. The number of ether oxygens (including phenoxy) is 3. The lowest BCUT2D eigenvalue weighted by Crippen LogP contribution is -2.15. The fourth-order valence-electron chi connectivity index (χ4n) is 2.30. The van der Waals surface area contributed by atoms with Crippen LogP contribution in [0.1, 0.15) is 12.8 Å². The van der Waals surface area contributed by atoms with Crippen LogP contribution in [-0.4, -0.2) is 25.2 Å². The van der Waals surface area contributed by atoms with E-state index in [1.807, 2.05) is 0 Å². The SMILES string of the molecule is O=C1C[C@H]2[C@@H](O1)O[C@H]1OCC[C@H]12. The van der Waals surface area contributed by atoms with Gasteiger partial charge in [0, 0.05) is 11.8 Å². The van der Waals surface area contributed by atoms with Gasteiger partial charge >= 0.3 is 5.97 Å². The Morgan fingerprint density at radius 1 is 1.25 bits per heavy atom. The zero-order valence-corrected chi connectivity index (χ0v) is 6.56. The van der Waals surface area contributed by atoms with Crippen molar-refractivity contribution in [2.75, 3.05) is 6.61 Å². The summed E-state index contributed by atoms with van der Waals surface area (Å²) in [6.45, 7) is 0.757. The lowest BCUT2D eigenvalue weighted by Gasteiger charge is -2.08. The van der Waals surface area contributed by atoms with Crippen molar-refractivity contribution in [1.82, 2.24) is 0 Å². The van der Waals surface area contributed by atoms with E-state index in [0.29, 0.717) is 12.3 Å². The Balaban J connectivity index is 1.84. The Kier molecular flexibility index (Phi) is 1.26. The average molecular weight is 170 g/mol. The molecule has 0 unspecified atom stereocenters. The number of hydrogen-bond acceptors (Lipinski definition) is 4. The second kappa shape index (κ2) is 2.20. The Labute approximate surface area is 69.8 Å². The quantitative estimate of drug-likeness (QED) is 0.489. The topological polar surface area (TPSA) is 44.8 Å². The van der Waals surface area contributed by atoms with Crippen molar-refractivity contribution in [3.05, 3.63) is 0 Å². The summed E-state index contributed by atoms with van der Waals surface area (Å²) in [5.74, 6) is 0.516. The molecule has 0 aromatic carbocycles. The van der Waals surface area contributed by atoms with Crippen LogP contribution in [0.15, 0.2) is 0 Å². The largest absolute Gasteiger partial charge is 0.435 e. The molecule has 0 aromatic heterocycles. The monoisotopic (exact) mass is 170 g/mol. The Bertz CT molecular complexity index is 227. The zero-order valence-electron chi connectivity index (χ0n) is 6.56. The van der Waals surface area contributed by atoms with Crippen molar-refractivity contribution in [3.8, 4) is 0 Å². The number of carbonyl (C=O) groups is 1. The molecule has 0 radical (unpaired) electrons. The van der Waals surface area contributed by atoms with Gasteiger partial charge in [0.15, 0.2) is 6.29 Å². The molecule has 3 fully saturated rings. The third-order valence-corrected chi connectivity index (χ3v) is 2.90. The van der Waals surface area contributed by atoms with Gasteiger partial charge in [0.05, 0.1) is 13.0 Å². The standard InChI is InChI=1S/C8H10O4/c9-6-3-5-4-1-2-10-7(4)12-8(5)11-6/h4-5,7-8H,1-3H2/t4-,5+,7+,8-/m0/s1. The van der Waals surface area contributed by atoms with Gasteiger partial charge < -0.3 is 14.2 Å². The number of rotatable bonds is 0. The summed E-state index contributed by atoms with van der Waals surface area (Å²) >= 11 is 0. The molecule has 4 nitrogen and oxygen atoms in total.